The molecule has 0 spiro atoms. The van der Waals surface area contributed by atoms with Crippen LogP contribution in [0.15, 0.2) is 53.5 Å². The summed E-state index contributed by atoms with van der Waals surface area (Å²) in [5, 5.41) is 5.94. The van der Waals surface area contributed by atoms with E-state index in [1.165, 1.54) is 12.1 Å². The zero-order valence-corrected chi connectivity index (χ0v) is 15.4. The van der Waals surface area contributed by atoms with Crippen molar-refractivity contribution in [2.45, 2.75) is 13.0 Å². The summed E-state index contributed by atoms with van der Waals surface area (Å²) in [6.07, 6.45) is 0.772. The molecule has 2 N–H and O–H groups in total. The molecule has 2 rings (SSSR count). The zero-order chi connectivity index (χ0) is 18.9. The third kappa shape index (κ3) is 5.58. The molecule has 0 radical (unpaired) electrons. The average Bonchev–Trinajstić information content (AvgIpc) is 2.66. The van der Waals surface area contributed by atoms with Gasteiger partial charge in [-0.15, -0.1) is 0 Å². The van der Waals surface area contributed by atoms with Crippen LogP contribution in [-0.2, 0) is 13.0 Å². The quantitative estimate of drug-likeness (QED) is 0.617. The molecular formula is C20H25FN4O. The van der Waals surface area contributed by atoms with Crippen LogP contribution in [0, 0.1) is 5.82 Å². The highest BCUT2D eigenvalue weighted by Gasteiger charge is 2.07. The van der Waals surface area contributed by atoms with Gasteiger partial charge in [-0.2, -0.15) is 0 Å². The van der Waals surface area contributed by atoms with Crippen molar-refractivity contribution < 1.29 is 9.18 Å². The first-order valence-electron chi connectivity index (χ1n) is 8.50. The van der Waals surface area contributed by atoms with Crippen LogP contribution < -0.4 is 10.6 Å². The molecule has 1 amide bonds. The molecule has 5 nitrogen and oxygen atoms in total. The Bertz CT molecular complexity index is 759. The largest absolute Gasteiger partial charge is 0.356 e. The van der Waals surface area contributed by atoms with E-state index in [0.29, 0.717) is 18.7 Å². The smallest absolute Gasteiger partial charge is 0.251 e. The number of carbonyl (C=O) groups is 1. The number of hydrogen-bond donors (Lipinski definition) is 2. The fourth-order valence-corrected chi connectivity index (χ4v) is 2.65. The lowest BCUT2D eigenvalue weighted by molar-refractivity contribution is 0.0963. The molecule has 2 aromatic rings. The molecule has 6 heteroatoms. The molecule has 2 aromatic carbocycles. The normalized spacial score (nSPS) is 11.2. The van der Waals surface area contributed by atoms with Crippen molar-refractivity contribution >= 4 is 11.9 Å². The van der Waals surface area contributed by atoms with Gasteiger partial charge < -0.3 is 15.5 Å². The molecule has 0 aliphatic rings. The van der Waals surface area contributed by atoms with E-state index >= 15 is 0 Å². The summed E-state index contributed by atoms with van der Waals surface area (Å²) < 4.78 is 13.0. The Labute approximate surface area is 153 Å². The lowest BCUT2D eigenvalue weighted by Gasteiger charge is -2.22. The highest BCUT2D eigenvalue weighted by Crippen LogP contribution is 2.07. The van der Waals surface area contributed by atoms with Crippen LogP contribution in [0.2, 0.25) is 0 Å². The number of nitrogens with one attached hydrogen (secondary N) is 2. The minimum absolute atomic E-state index is 0.0883. The number of aliphatic imine (C=N–C) groups is 1. The van der Waals surface area contributed by atoms with Crippen LogP contribution in [0.1, 0.15) is 21.5 Å². The van der Waals surface area contributed by atoms with Gasteiger partial charge in [0.1, 0.15) is 5.82 Å². The van der Waals surface area contributed by atoms with Gasteiger partial charge in [0.25, 0.3) is 5.91 Å². The van der Waals surface area contributed by atoms with Crippen molar-refractivity contribution in [1.82, 2.24) is 15.5 Å². The number of hydrogen-bond acceptors (Lipinski definition) is 2. The van der Waals surface area contributed by atoms with Crippen molar-refractivity contribution in [2.75, 3.05) is 27.7 Å². The van der Waals surface area contributed by atoms with E-state index in [1.807, 2.05) is 30.1 Å². The molecule has 0 saturated carbocycles. The highest BCUT2D eigenvalue weighted by molar-refractivity contribution is 5.94. The van der Waals surface area contributed by atoms with E-state index in [4.69, 9.17) is 0 Å². The molecule has 138 valence electrons. The Balaban J connectivity index is 1.88. The third-order valence-corrected chi connectivity index (χ3v) is 4.02. The molecule has 0 aromatic heterocycles. The lowest BCUT2D eigenvalue weighted by Crippen LogP contribution is -2.39. The summed E-state index contributed by atoms with van der Waals surface area (Å²) in [4.78, 5) is 18.0. The van der Waals surface area contributed by atoms with E-state index in [-0.39, 0.29) is 11.7 Å². The maximum atomic E-state index is 13.0. The second-order valence-corrected chi connectivity index (χ2v) is 5.99. The van der Waals surface area contributed by atoms with Crippen LogP contribution in [0.25, 0.3) is 0 Å². The van der Waals surface area contributed by atoms with Crippen molar-refractivity contribution in [3.05, 3.63) is 71.0 Å². The van der Waals surface area contributed by atoms with Crippen molar-refractivity contribution in [2.24, 2.45) is 4.99 Å². The van der Waals surface area contributed by atoms with Gasteiger partial charge in [-0.3, -0.25) is 9.79 Å². The number of halogens is 1. The van der Waals surface area contributed by atoms with Gasteiger partial charge in [0.2, 0.25) is 0 Å². The molecule has 26 heavy (non-hydrogen) atoms. The number of amides is 1. The van der Waals surface area contributed by atoms with Gasteiger partial charge in [0.15, 0.2) is 5.96 Å². The number of nitrogens with zero attached hydrogens (tertiary/aromatic N) is 2. The van der Waals surface area contributed by atoms with Crippen LogP contribution in [0.5, 0.6) is 0 Å². The highest BCUT2D eigenvalue weighted by atomic mass is 19.1. The number of rotatable bonds is 6. The standard InChI is InChI=1S/C20H25FN4O/c1-22-19(26)17-6-4-5-15(13-17)11-12-24-20(23-2)25(3)14-16-7-9-18(21)10-8-16/h4-10,13H,11-12,14H2,1-3H3,(H,22,26)(H,23,24). The summed E-state index contributed by atoms with van der Waals surface area (Å²) >= 11 is 0. The summed E-state index contributed by atoms with van der Waals surface area (Å²) in [6.45, 7) is 1.32. The molecule has 0 saturated heterocycles. The van der Waals surface area contributed by atoms with Crippen molar-refractivity contribution in [1.29, 1.82) is 0 Å². The van der Waals surface area contributed by atoms with Crippen molar-refractivity contribution in [3.63, 3.8) is 0 Å². The fourth-order valence-electron chi connectivity index (χ4n) is 2.65. The summed E-state index contributed by atoms with van der Waals surface area (Å²) in [6, 6.07) is 14.0. The van der Waals surface area contributed by atoms with E-state index < -0.39 is 0 Å². The maximum absolute atomic E-state index is 13.0. The predicted octanol–water partition coefficient (Wildman–Crippen LogP) is 2.44. The van der Waals surface area contributed by atoms with Gasteiger partial charge in [0, 0.05) is 39.8 Å². The van der Waals surface area contributed by atoms with Gasteiger partial charge >= 0.3 is 0 Å². The Morgan fingerprint density at radius 3 is 2.54 bits per heavy atom. The average molecular weight is 356 g/mol. The summed E-state index contributed by atoms with van der Waals surface area (Å²) in [5.41, 5.74) is 2.74. The van der Waals surface area contributed by atoms with Crippen LogP contribution >= 0.6 is 0 Å². The molecular weight excluding hydrogens is 331 g/mol. The van der Waals surface area contributed by atoms with Crippen LogP contribution in [-0.4, -0.2) is 44.5 Å². The minimum Gasteiger partial charge on any atom is -0.356 e. The van der Waals surface area contributed by atoms with Gasteiger partial charge in [-0.25, -0.2) is 4.39 Å². The van der Waals surface area contributed by atoms with E-state index in [9.17, 15) is 9.18 Å². The molecule has 0 fully saturated rings. The van der Waals surface area contributed by atoms with Crippen LogP contribution in [0.4, 0.5) is 4.39 Å². The van der Waals surface area contributed by atoms with Crippen molar-refractivity contribution in [3.8, 4) is 0 Å². The second kappa shape index (κ2) is 9.56. The van der Waals surface area contributed by atoms with E-state index in [2.05, 4.69) is 15.6 Å². The number of carbonyl (C=O) groups excluding carboxylic acids is 1. The molecule has 0 unspecified atom stereocenters. The van der Waals surface area contributed by atoms with E-state index in [1.54, 1.807) is 32.3 Å². The third-order valence-electron chi connectivity index (χ3n) is 4.02. The van der Waals surface area contributed by atoms with E-state index in [0.717, 1.165) is 23.5 Å². The van der Waals surface area contributed by atoms with Gasteiger partial charge in [0.05, 0.1) is 0 Å². The first-order valence-corrected chi connectivity index (χ1v) is 8.50. The Morgan fingerprint density at radius 1 is 1.15 bits per heavy atom. The Kier molecular flexibility index (Phi) is 7.14. The first kappa shape index (κ1) is 19.4. The summed E-state index contributed by atoms with van der Waals surface area (Å²) in [7, 11) is 5.29. The first-order chi connectivity index (χ1) is 12.5. The SMILES string of the molecule is CN=C(NCCc1cccc(C(=O)NC)c1)N(C)Cc1ccc(F)cc1. The molecule has 0 aliphatic heterocycles. The zero-order valence-electron chi connectivity index (χ0n) is 15.4. The maximum Gasteiger partial charge on any atom is 0.251 e. The van der Waals surface area contributed by atoms with Gasteiger partial charge in [-0.05, 0) is 41.8 Å². The molecule has 0 aliphatic carbocycles. The van der Waals surface area contributed by atoms with Crippen LogP contribution in [0.3, 0.4) is 0 Å². The summed E-state index contributed by atoms with van der Waals surface area (Å²) in [5.74, 6) is 0.435. The monoisotopic (exact) mass is 356 g/mol. The number of benzene rings is 2. The molecule has 0 atom stereocenters. The predicted molar refractivity (Wildman–Crippen MR) is 103 cm³/mol. The topological polar surface area (TPSA) is 56.7 Å². The number of guanidine groups is 1. The lowest BCUT2D eigenvalue weighted by atomic mass is 10.1. The van der Waals surface area contributed by atoms with Gasteiger partial charge in [-0.1, -0.05) is 24.3 Å². The Morgan fingerprint density at radius 2 is 1.88 bits per heavy atom. The Hall–Kier alpha value is -2.89. The fraction of sp³-hybridized carbons (Fsp3) is 0.300. The molecule has 0 bridgehead atoms. The molecule has 0 heterocycles. The minimum atomic E-state index is -0.238. The second-order valence-electron chi connectivity index (χ2n) is 5.99.